The molecule has 1 unspecified atom stereocenters. The van der Waals surface area contributed by atoms with Crippen LogP contribution < -0.4 is 0 Å². The minimum atomic E-state index is 0.486. The molecule has 2 rings (SSSR count). The average molecular weight is 413 g/mol. The lowest BCUT2D eigenvalue weighted by Crippen LogP contribution is -2.32. The third-order valence-electron chi connectivity index (χ3n) is 7.91. The largest absolute Gasteiger partial charge is 0.0654 e. The smallest absolute Gasteiger partial charge is 0.00129 e. The van der Waals surface area contributed by atoms with Crippen LogP contribution >= 0.6 is 0 Å². The molecule has 0 spiro atoms. The van der Waals surface area contributed by atoms with E-state index in [4.69, 9.17) is 0 Å². The second kappa shape index (κ2) is 15.1. The number of hydrogen-bond acceptors (Lipinski definition) is 0. The lowest BCUT2D eigenvalue weighted by atomic mass is 9.66. The van der Waals surface area contributed by atoms with Gasteiger partial charge in [-0.3, -0.25) is 0 Å². The first-order valence-electron chi connectivity index (χ1n) is 13.9. The Hall–Kier alpha value is -0.780. The zero-order valence-corrected chi connectivity index (χ0v) is 20.8. The quantitative estimate of drug-likeness (QED) is 0.210. The first-order valence-corrected chi connectivity index (χ1v) is 13.9. The SMILES string of the molecule is CCCCCCCC1Cc2ccccc2C1(CCCCCCC)CCCCCCC. The van der Waals surface area contributed by atoms with Gasteiger partial charge in [0.2, 0.25) is 0 Å². The van der Waals surface area contributed by atoms with E-state index in [1.165, 1.54) is 122 Å². The number of hydrogen-bond donors (Lipinski definition) is 0. The van der Waals surface area contributed by atoms with Crippen LogP contribution in [0.25, 0.3) is 0 Å². The van der Waals surface area contributed by atoms with Crippen molar-refractivity contribution in [1.82, 2.24) is 0 Å². The molecule has 0 nitrogen and oxygen atoms in total. The molecule has 0 amide bonds. The first-order chi connectivity index (χ1) is 14.8. The van der Waals surface area contributed by atoms with E-state index < -0.39 is 0 Å². The minimum Gasteiger partial charge on any atom is -0.0654 e. The number of fused-ring (bicyclic) bond motifs is 1. The molecule has 1 aliphatic rings. The van der Waals surface area contributed by atoms with Gasteiger partial charge in [0.25, 0.3) is 0 Å². The Morgan fingerprint density at radius 2 is 1.13 bits per heavy atom. The molecule has 1 aromatic rings. The molecule has 0 saturated carbocycles. The highest BCUT2D eigenvalue weighted by Crippen LogP contribution is 2.52. The molecule has 0 heteroatoms. The summed E-state index contributed by atoms with van der Waals surface area (Å²) in [4.78, 5) is 0. The molecule has 1 atom stereocenters. The zero-order valence-electron chi connectivity index (χ0n) is 20.8. The van der Waals surface area contributed by atoms with Gasteiger partial charge in [-0.1, -0.05) is 141 Å². The Kier molecular flexibility index (Phi) is 12.8. The summed E-state index contributed by atoms with van der Waals surface area (Å²) < 4.78 is 0. The summed E-state index contributed by atoms with van der Waals surface area (Å²) >= 11 is 0. The Balaban J connectivity index is 2.08. The van der Waals surface area contributed by atoms with Crippen LogP contribution in [0.15, 0.2) is 24.3 Å². The van der Waals surface area contributed by atoms with Crippen molar-refractivity contribution in [2.24, 2.45) is 5.92 Å². The lowest BCUT2D eigenvalue weighted by molar-refractivity contribution is 0.220. The van der Waals surface area contributed by atoms with E-state index in [1.54, 1.807) is 11.1 Å². The zero-order chi connectivity index (χ0) is 21.5. The predicted octanol–water partition coefficient (Wildman–Crippen LogP) is 10.2. The second-order valence-electron chi connectivity index (χ2n) is 10.2. The molecule has 0 N–H and O–H groups in total. The molecule has 0 heterocycles. The van der Waals surface area contributed by atoms with E-state index in [-0.39, 0.29) is 0 Å². The van der Waals surface area contributed by atoms with Gasteiger partial charge in [-0.05, 0) is 48.1 Å². The van der Waals surface area contributed by atoms with Gasteiger partial charge in [-0.2, -0.15) is 0 Å². The van der Waals surface area contributed by atoms with Gasteiger partial charge in [0, 0.05) is 0 Å². The molecule has 0 bridgehead atoms. The van der Waals surface area contributed by atoms with Gasteiger partial charge in [0.05, 0.1) is 0 Å². The summed E-state index contributed by atoms with van der Waals surface area (Å²) in [5.74, 6) is 0.897. The van der Waals surface area contributed by atoms with E-state index in [0.29, 0.717) is 5.41 Å². The van der Waals surface area contributed by atoms with Crippen LogP contribution in [0, 0.1) is 5.92 Å². The Morgan fingerprint density at radius 1 is 0.633 bits per heavy atom. The summed E-state index contributed by atoms with van der Waals surface area (Å²) in [5, 5.41) is 0. The number of benzene rings is 1. The van der Waals surface area contributed by atoms with E-state index in [1.807, 2.05) is 0 Å². The maximum absolute atomic E-state index is 2.52. The maximum Gasteiger partial charge on any atom is -0.00129 e. The minimum absolute atomic E-state index is 0.486. The predicted molar refractivity (Wildman–Crippen MR) is 135 cm³/mol. The summed E-state index contributed by atoms with van der Waals surface area (Å²) in [7, 11) is 0. The lowest BCUT2D eigenvalue weighted by Gasteiger charge is -2.38. The molecule has 172 valence electrons. The van der Waals surface area contributed by atoms with E-state index in [2.05, 4.69) is 45.0 Å². The second-order valence-corrected chi connectivity index (χ2v) is 10.2. The average Bonchev–Trinajstić information content (AvgIpc) is 3.07. The van der Waals surface area contributed by atoms with Crippen molar-refractivity contribution in [2.45, 2.75) is 148 Å². The topological polar surface area (TPSA) is 0 Å². The molecule has 0 fully saturated rings. The van der Waals surface area contributed by atoms with Crippen molar-refractivity contribution < 1.29 is 0 Å². The van der Waals surface area contributed by atoms with Gasteiger partial charge < -0.3 is 0 Å². The summed E-state index contributed by atoms with van der Waals surface area (Å²) in [6.07, 6.45) is 27.0. The van der Waals surface area contributed by atoms with Crippen LogP contribution in [0.3, 0.4) is 0 Å². The van der Waals surface area contributed by atoms with Crippen molar-refractivity contribution in [2.75, 3.05) is 0 Å². The van der Waals surface area contributed by atoms with Gasteiger partial charge in [0.15, 0.2) is 0 Å². The van der Waals surface area contributed by atoms with Crippen LogP contribution in [0.5, 0.6) is 0 Å². The molecule has 1 aromatic carbocycles. The van der Waals surface area contributed by atoms with Crippen LogP contribution in [0.4, 0.5) is 0 Å². The summed E-state index contributed by atoms with van der Waals surface area (Å²) in [6.45, 7) is 6.99. The van der Waals surface area contributed by atoms with Crippen molar-refractivity contribution in [3.8, 4) is 0 Å². The fourth-order valence-electron chi connectivity index (χ4n) is 6.13. The molecule has 0 radical (unpaired) electrons. The third kappa shape index (κ3) is 7.72. The molecule has 0 aliphatic heterocycles. The van der Waals surface area contributed by atoms with E-state index in [9.17, 15) is 0 Å². The van der Waals surface area contributed by atoms with E-state index in [0.717, 1.165) is 5.92 Å². The number of unbranched alkanes of at least 4 members (excludes halogenated alkanes) is 12. The normalized spacial score (nSPS) is 17.4. The molecule has 0 aromatic heterocycles. The Bertz CT molecular complexity index is 529. The molecule has 30 heavy (non-hydrogen) atoms. The highest BCUT2D eigenvalue weighted by Gasteiger charge is 2.44. The van der Waals surface area contributed by atoms with Gasteiger partial charge >= 0.3 is 0 Å². The summed E-state index contributed by atoms with van der Waals surface area (Å²) in [5.41, 5.74) is 3.94. The third-order valence-corrected chi connectivity index (χ3v) is 7.91. The van der Waals surface area contributed by atoms with Gasteiger partial charge in [-0.25, -0.2) is 0 Å². The Morgan fingerprint density at radius 3 is 1.70 bits per heavy atom. The fraction of sp³-hybridized carbons (Fsp3) is 0.800. The van der Waals surface area contributed by atoms with Crippen LogP contribution in [0.1, 0.15) is 147 Å². The van der Waals surface area contributed by atoms with Crippen molar-refractivity contribution in [1.29, 1.82) is 0 Å². The highest BCUT2D eigenvalue weighted by atomic mass is 14.5. The van der Waals surface area contributed by atoms with Gasteiger partial charge in [-0.15, -0.1) is 0 Å². The Labute approximate surface area is 189 Å². The molecular formula is C30H52. The molecule has 1 aliphatic carbocycles. The van der Waals surface area contributed by atoms with Crippen molar-refractivity contribution in [3.05, 3.63) is 35.4 Å². The standard InChI is InChI=1S/C30H52/c1-4-7-10-13-16-22-28-26-27-21-17-18-23-29(27)30(28,24-19-14-11-8-5-2)25-20-15-12-9-6-3/h17-18,21,23,28H,4-16,19-20,22,24-26H2,1-3H3. The van der Waals surface area contributed by atoms with Crippen LogP contribution in [-0.4, -0.2) is 0 Å². The van der Waals surface area contributed by atoms with E-state index >= 15 is 0 Å². The highest BCUT2D eigenvalue weighted by molar-refractivity contribution is 5.41. The first kappa shape index (κ1) is 25.5. The summed E-state index contributed by atoms with van der Waals surface area (Å²) in [6, 6.07) is 9.58. The van der Waals surface area contributed by atoms with Crippen molar-refractivity contribution in [3.63, 3.8) is 0 Å². The van der Waals surface area contributed by atoms with Crippen LogP contribution in [0.2, 0.25) is 0 Å². The van der Waals surface area contributed by atoms with Gasteiger partial charge in [0.1, 0.15) is 0 Å². The van der Waals surface area contributed by atoms with Crippen molar-refractivity contribution >= 4 is 0 Å². The fourth-order valence-corrected chi connectivity index (χ4v) is 6.13. The maximum atomic E-state index is 2.52. The number of rotatable bonds is 18. The van der Waals surface area contributed by atoms with Crippen LogP contribution in [-0.2, 0) is 11.8 Å². The monoisotopic (exact) mass is 412 g/mol. The molecule has 0 saturated heterocycles. The molecular weight excluding hydrogens is 360 g/mol.